The molecule has 2 nitrogen and oxygen atoms in total. The van der Waals surface area contributed by atoms with Crippen molar-refractivity contribution in [2.75, 3.05) is 0 Å². The second kappa shape index (κ2) is 6.11. The second-order valence-corrected chi connectivity index (χ2v) is 2.51. The third-order valence-corrected chi connectivity index (χ3v) is 1.83. The van der Waals surface area contributed by atoms with E-state index in [-0.39, 0.29) is 0 Å². The molecule has 9 heavy (non-hydrogen) atoms. The smallest absolute Gasteiger partial charge is 0.191 e. The van der Waals surface area contributed by atoms with Crippen LogP contribution in [0.4, 0.5) is 0 Å². The molecule has 0 saturated carbocycles. The molecule has 0 radical (unpaired) electrons. The summed E-state index contributed by atoms with van der Waals surface area (Å²) in [4.78, 5) is 9.84. The predicted molar refractivity (Wildman–Crippen MR) is 41.8 cm³/mol. The third-order valence-electron chi connectivity index (χ3n) is 1.27. The second-order valence-electron chi connectivity index (χ2n) is 1.85. The molecule has 0 aromatic heterocycles. The Morgan fingerprint density at radius 1 is 1.56 bits per heavy atom. The van der Waals surface area contributed by atoms with Crippen LogP contribution in [0.25, 0.3) is 0 Å². The van der Waals surface area contributed by atoms with Crippen LogP contribution in [0.1, 0.15) is 26.7 Å². The summed E-state index contributed by atoms with van der Waals surface area (Å²) in [6.45, 7) is 4.21. The Morgan fingerprint density at radius 3 is 2.44 bits per heavy atom. The van der Waals surface area contributed by atoms with Crippen LogP contribution >= 0.6 is 11.9 Å². The molecular weight excluding hydrogens is 134 g/mol. The minimum absolute atomic E-state index is 0.486. The fourth-order valence-electron chi connectivity index (χ4n) is 0.579. The number of hydrogen-bond acceptors (Lipinski definition) is 3. The molecular formula is C6H13NOS. The number of hydrogen-bond donors (Lipinski definition) is 1. The lowest BCUT2D eigenvalue weighted by Gasteiger charge is -2.09. The molecule has 0 saturated heterocycles. The Hall–Kier alpha value is -0.0200. The van der Waals surface area contributed by atoms with Crippen LogP contribution in [-0.2, 0) is 4.79 Å². The van der Waals surface area contributed by atoms with E-state index in [0.29, 0.717) is 6.04 Å². The van der Waals surface area contributed by atoms with Crippen molar-refractivity contribution in [3.8, 4) is 0 Å². The molecule has 0 atom stereocenters. The van der Waals surface area contributed by atoms with Crippen LogP contribution in [0, 0.1) is 0 Å². The SMILES string of the molecule is CCC(CC)NSC=O. The molecule has 0 aliphatic heterocycles. The maximum atomic E-state index is 9.84. The third kappa shape index (κ3) is 4.48. The topological polar surface area (TPSA) is 29.1 Å². The average Bonchev–Trinajstić information content (AvgIpc) is 1.91. The van der Waals surface area contributed by atoms with E-state index < -0.39 is 0 Å². The Kier molecular flexibility index (Phi) is 6.09. The normalized spacial score (nSPS) is 10.1. The zero-order valence-electron chi connectivity index (χ0n) is 5.89. The van der Waals surface area contributed by atoms with E-state index in [9.17, 15) is 4.79 Å². The largest absolute Gasteiger partial charge is 0.290 e. The number of carbonyl (C=O) groups excluding carboxylic acids is 1. The van der Waals surface area contributed by atoms with Gasteiger partial charge in [-0.15, -0.1) is 0 Å². The highest BCUT2D eigenvalue weighted by molar-refractivity contribution is 8.10. The van der Waals surface area contributed by atoms with Crippen molar-refractivity contribution in [1.82, 2.24) is 4.72 Å². The van der Waals surface area contributed by atoms with Crippen LogP contribution in [-0.4, -0.2) is 11.7 Å². The highest BCUT2D eigenvalue weighted by atomic mass is 32.2. The van der Waals surface area contributed by atoms with Gasteiger partial charge >= 0.3 is 0 Å². The van der Waals surface area contributed by atoms with E-state index in [1.165, 1.54) is 0 Å². The van der Waals surface area contributed by atoms with Gasteiger partial charge in [0.2, 0.25) is 0 Å². The molecule has 0 fully saturated rings. The molecule has 0 rings (SSSR count). The van der Waals surface area contributed by atoms with Crippen LogP contribution in [0.15, 0.2) is 0 Å². The van der Waals surface area contributed by atoms with Gasteiger partial charge < -0.3 is 0 Å². The monoisotopic (exact) mass is 147 g/mol. The first-order valence-electron chi connectivity index (χ1n) is 3.19. The van der Waals surface area contributed by atoms with Gasteiger partial charge in [0.25, 0.3) is 0 Å². The van der Waals surface area contributed by atoms with Gasteiger partial charge in [0.15, 0.2) is 5.62 Å². The number of carbonyl (C=O) groups is 1. The standard InChI is InChI=1S/C6H13NOS/c1-3-6(4-2)7-9-5-8/h5-7H,3-4H2,1-2H3. The summed E-state index contributed by atoms with van der Waals surface area (Å²) >= 11 is 1.13. The summed E-state index contributed by atoms with van der Waals surface area (Å²) in [6.07, 6.45) is 2.16. The van der Waals surface area contributed by atoms with Crippen LogP contribution in [0.2, 0.25) is 0 Å². The van der Waals surface area contributed by atoms with E-state index in [0.717, 1.165) is 30.4 Å². The average molecular weight is 147 g/mol. The van der Waals surface area contributed by atoms with Gasteiger partial charge in [-0.1, -0.05) is 13.8 Å². The summed E-state index contributed by atoms with van der Waals surface area (Å²) in [6, 6.07) is 0.486. The van der Waals surface area contributed by atoms with Crippen molar-refractivity contribution in [1.29, 1.82) is 0 Å². The lowest BCUT2D eigenvalue weighted by Crippen LogP contribution is -2.20. The van der Waals surface area contributed by atoms with E-state index in [1.807, 2.05) is 0 Å². The molecule has 0 spiro atoms. The van der Waals surface area contributed by atoms with Gasteiger partial charge in [-0.3, -0.25) is 9.52 Å². The van der Waals surface area contributed by atoms with Crippen LogP contribution < -0.4 is 4.72 Å². The molecule has 0 aromatic carbocycles. The fourth-order valence-corrected chi connectivity index (χ4v) is 1.16. The van der Waals surface area contributed by atoms with E-state index in [1.54, 1.807) is 0 Å². The summed E-state index contributed by atoms with van der Waals surface area (Å²) in [5, 5.41) is 0. The van der Waals surface area contributed by atoms with Crippen molar-refractivity contribution in [2.45, 2.75) is 32.7 Å². The highest BCUT2D eigenvalue weighted by Crippen LogP contribution is 1.99. The summed E-state index contributed by atoms with van der Waals surface area (Å²) < 4.78 is 3.02. The minimum Gasteiger partial charge on any atom is -0.290 e. The zero-order valence-corrected chi connectivity index (χ0v) is 6.70. The molecule has 0 aliphatic carbocycles. The predicted octanol–water partition coefficient (Wildman–Crippen LogP) is 1.60. The van der Waals surface area contributed by atoms with Crippen molar-refractivity contribution in [3.05, 3.63) is 0 Å². The van der Waals surface area contributed by atoms with Gasteiger partial charge in [0.05, 0.1) is 0 Å². The van der Waals surface area contributed by atoms with Crippen molar-refractivity contribution in [3.63, 3.8) is 0 Å². The number of rotatable bonds is 5. The summed E-state index contributed by atoms with van der Waals surface area (Å²) in [7, 11) is 0. The van der Waals surface area contributed by atoms with Crippen molar-refractivity contribution in [2.24, 2.45) is 0 Å². The molecule has 1 N–H and O–H groups in total. The lowest BCUT2D eigenvalue weighted by molar-refractivity contribution is 0.566. The fraction of sp³-hybridized carbons (Fsp3) is 0.833. The Morgan fingerprint density at radius 2 is 2.11 bits per heavy atom. The molecule has 0 heterocycles. The maximum absolute atomic E-state index is 9.84. The first-order chi connectivity index (χ1) is 4.35. The van der Waals surface area contributed by atoms with Gasteiger partial charge in [0.1, 0.15) is 0 Å². The highest BCUT2D eigenvalue weighted by Gasteiger charge is 1.99. The van der Waals surface area contributed by atoms with E-state index in [4.69, 9.17) is 0 Å². The Labute approximate surface area is 60.5 Å². The zero-order chi connectivity index (χ0) is 7.11. The molecule has 54 valence electrons. The molecule has 0 aliphatic rings. The molecule has 0 aromatic rings. The molecule has 0 bridgehead atoms. The minimum atomic E-state index is 0.486. The van der Waals surface area contributed by atoms with Crippen molar-refractivity contribution < 1.29 is 4.79 Å². The number of nitrogens with one attached hydrogen (secondary N) is 1. The van der Waals surface area contributed by atoms with Gasteiger partial charge in [0, 0.05) is 6.04 Å². The van der Waals surface area contributed by atoms with Gasteiger partial charge in [-0.25, -0.2) is 0 Å². The summed E-state index contributed by atoms with van der Waals surface area (Å²) in [5.41, 5.74) is 0.818. The van der Waals surface area contributed by atoms with Crippen LogP contribution in [0.3, 0.4) is 0 Å². The van der Waals surface area contributed by atoms with Crippen LogP contribution in [0.5, 0.6) is 0 Å². The summed E-state index contributed by atoms with van der Waals surface area (Å²) in [5.74, 6) is 0. The van der Waals surface area contributed by atoms with Gasteiger partial charge in [-0.05, 0) is 24.8 Å². The molecule has 0 amide bonds. The molecule has 0 unspecified atom stereocenters. The maximum Gasteiger partial charge on any atom is 0.191 e. The van der Waals surface area contributed by atoms with Gasteiger partial charge in [-0.2, -0.15) is 0 Å². The van der Waals surface area contributed by atoms with Crippen molar-refractivity contribution >= 4 is 17.6 Å². The van der Waals surface area contributed by atoms with E-state index in [2.05, 4.69) is 18.6 Å². The molecule has 3 heteroatoms. The first-order valence-corrected chi connectivity index (χ1v) is 4.07. The Bertz CT molecular complexity index is 73.5. The van der Waals surface area contributed by atoms with E-state index >= 15 is 0 Å². The lowest BCUT2D eigenvalue weighted by atomic mass is 10.2. The Balaban J connectivity index is 3.19. The first kappa shape index (κ1) is 8.98. The quantitative estimate of drug-likeness (QED) is 0.473.